The standard InChI is InChI=1S/C14H14N4S2.BrH/c1-8-5-3-4-6-10(8)17-14-18-11(7-19-14)12-9(2)16-13(15)20-12;/h3-7H,1-2H3,(H2,15,16)(H,17,18);1H. The van der Waals surface area contributed by atoms with Crippen LogP contribution in [0, 0.1) is 13.8 Å². The van der Waals surface area contributed by atoms with Crippen molar-refractivity contribution in [1.29, 1.82) is 0 Å². The van der Waals surface area contributed by atoms with Crippen molar-refractivity contribution in [3.63, 3.8) is 0 Å². The average Bonchev–Trinajstić information content (AvgIpc) is 2.99. The summed E-state index contributed by atoms with van der Waals surface area (Å²) < 4.78 is 0. The number of aryl methyl sites for hydroxylation is 2. The number of nitrogen functional groups attached to an aromatic ring is 1. The number of thiazole rings is 2. The lowest BCUT2D eigenvalue weighted by atomic mass is 10.2. The maximum Gasteiger partial charge on any atom is 0.187 e. The van der Waals surface area contributed by atoms with E-state index in [1.807, 2.05) is 30.5 Å². The van der Waals surface area contributed by atoms with Crippen molar-refractivity contribution in [3.8, 4) is 10.6 Å². The second kappa shape index (κ2) is 6.55. The van der Waals surface area contributed by atoms with Gasteiger partial charge in [-0.3, -0.25) is 0 Å². The molecule has 7 heteroatoms. The molecular formula is C14H15BrN4S2. The predicted octanol–water partition coefficient (Wildman–Crippen LogP) is 4.79. The third kappa shape index (κ3) is 3.42. The normalized spacial score (nSPS) is 10.2. The van der Waals surface area contributed by atoms with Gasteiger partial charge in [0.2, 0.25) is 0 Å². The van der Waals surface area contributed by atoms with Crippen LogP contribution in [0.3, 0.4) is 0 Å². The van der Waals surface area contributed by atoms with Crippen LogP contribution in [-0.2, 0) is 0 Å². The fraction of sp³-hybridized carbons (Fsp3) is 0.143. The van der Waals surface area contributed by atoms with Gasteiger partial charge in [0.05, 0.1) is 16.3 Å². The highest BCUT2D eigenvalue weighted by atomic mass is 79.9. The topological polar surface area (TPSA) is 63.8 Å². The molecule has 1 aromatic carbocycles. The van der Waals surface area contributed by atoms with Crippen LogP contribution < -0.4 is 11.1 Å². The molecule has 0 aliphatic carbocycles. The zero-order valence-corrected chi connectivity index (χ0v) is 14.9. The Hall–Kier alpha value is -1.44. The number of benzene rings is 1. The van der Waals surface area contributed by atoms with E-state index in [0.29, 0.717) is 5.13 Å². The molecule has 110 valence electrons. The smallest absolute Gasteiger partial charge is 0.187 e. The maximum absolute atomic E-state index is 5.73. The lowest BCUT2D eigenvalue weighted by molar-refractivity contribution is 1.26. The molecule has 3 aromatic rings. The quantitative estimate of drug-likeness (QED) is 0.683. The van der Waals surface area contributed by atoms with Crippen LogP contribution in [0.2, 0.25) is 0 Å². The Bertz CT molecular complexity index is 751. The Balaban J connectivity index is 0.00000161. The molecule has 2 aromatic heterocycles. The molecule has 0 saturated heterocycles. The van der Waals surface area contributed by atoms with E-state index in [-0.39, 0.29) is 17.0 Å². The molecule has 0 saturated carbocycles. The van der Waals surface area contributed by atoms with Crippen LogP contribution in [0.4, 0.5) is 16.0 Å². The van der Waals surface area contributed by atoms with Gasteiger partial charge in [0.15, 0.2) is 10.3 Å². The van der Waals surface area contributed by atoms with Gasteiger partial charge in [-0.1, -0.05) is 29.5 Å². The molecule has 4 nitrogen and oxygen atoms in total. The first-order chi connectivity index (χ1) is 9.63. The van der Waals surface area contributed by atoms with E-state index in [4.69, 9.17) is 5.73 Å². The van der Waals surface area contributed by atoms with Crippen LogP contribution >= 0.6 is 39.7 Å². The molecule has 0 spiro atoms. The Morgan fingerprint density at radius 2 is 1.90 bits per heavy atom. The minimum Gasteiger partial charge on any atom is -0.375 e. The Labute approximate surface area is 141 Å². The van der Waals surface area contributed by atoms with Crippen LogP contribution in [-0.4, -0.2) is 9.97 Å². The fourth-order valence-corrected chi connectivity index (χ4v) is 3.50. The van der Waals surface area contributed by atoms with Gasteiger partial charge in [-0.2, -0.15) is 0 Å². The van der Waals surface area contributed by atoms with Crippen LogP contribution in [0.15, 0.2) is 29.6 Å². The molecule has 2 heterocycles. The van der Waals surface area contributed by atoms with Gasteiger partial charge >= 0.3 is 0 Å². The Kier molecular flexibility index (Phi) is 4.97. The number of halogens is 1. The Morgan fingerprint density at radius 1 is 1.14 bits per heavy atom. The van der Waals surface area contributed by atoms with Crippen molar-refractivity contribution in [2.75, 3.05) is 11.1 Å². The van der Waals surface area contributed by atoms with E-state index in [1.165, 1.54) is 16.9 Å². The third-order valence-corrected chi connectivity index (χ3v) is 4.70. The fourth-order valence-electron chi connectivity index (χ4n) is 1.92. The molecule has 0 unspecified atom stereocenters. The minimum atomic E-state index is 0. The summed E-state index contributed by atoms with van der Waals surface area (Å²) in [6, 6.07) is 8.16. The largest absolute Gasteiger partial charge is 0.375 e. The Morgan fingerprint density at radius 3 is 2.57 bits per heavy atom. The van der Waals surface area contributed by atoms with Gasteiger partial charge in [0, 0.05) is 11.1 Å². The van der Waals surface area contributed by atoms with E-state index in [2.05, 4.69) is 28.3 Å². The van der Waals surface area contributed by atoms with Crippen molar-refractivity contribution in [2.45, 2.75) is 13.8 Å². The molecule has 0 atom stereocenters. The summed E-state index contributed by atoms with van der Waals surface area (Å²) in [7, 11) is 0. The van der Waals surface area contributed by atoms with Gasteiger partial charge in [0.25, 0.3) is 0 Å². The molecule has 0 amide bonds. The molecule has 0 aliphatic rings. The number of nitrogens with zero attached hydrogens (tertiary/aromatic N) is 2. The monoisotopic (exact) mass is 382 g/mol. The van der Waals surface area contributed by atoms with Gasteiger partial charge < -0.3 is 11.1 Å². The second-order valence-electron chi connectivity index (χ2n) is 4.44. The van der Waals surface area contributed by atoms with E-state index in [0.717, 1.165) is 27.1 Å². The van der Waals surface area contributed by atoms with Crippen LogP contribution in [0.1, 0.15) is 11.3 Å². The first-order valence-corrected chi connectivity index (χ1v) is 7.84. The number of aromatic nitrogens is 2. The van der Waals surface area contributed by atoms with Crippen LogP contribution in [0.5, 0.6) is 0 Å². The number of nitrogens with one attached hydrogen (secondary N) is 1. The van der Waals surface area contributed by atoms with E-state index in [1.54, 1.807) is 11.3 Å². The highest BCUT2D eigenvalue weighted by Gasteiger charge is 2.12. The first-order valence-electron chi connectivity index (χ1n) is 6.15. The average molecular weight is 383 g/mol. The van der Waals surface area contributed by atoms with Gasteiger partial charge in [0.1, 0.15) is 0 Å². The van der Waals surface area contributed by atoms with Gasteiger partial charge in [-0.25, -0.2) is 9.97 Å². The summed E-state index contributed by atoms with van der Waals surface area (Å²) in [5, 5.41) is 6.84. The highest BCUT2D eigenvalue weighted by molar-refractivity contribution is 8.93. The predicted molar refractivity (Wildman–Crippen MR) is 97.2 cm³/mol. The minimum absolute atomic E-state index is 0. The van der Waals surface area contributed by atoms with Crippen LogP contribution in [0.25, 0.3) is 10.6 Å². The number of rotatable bonds is 3. The number of para-hydroxylation sites is 1. The molecule has 3 rings (SSSR count). The summed E-state index contributed by atoms with van der Waals surface area (Å²) in [6.07, 6.45) is 0. The molecule has 0 aliphatic heterocycles. The van der Waals surface area contributed by atoms with E-state index >= 15 is 0 Å². The zero-order chi connectivity index (χ0) is 14.1. The summed E-state index contributed by atoms with van der Waals surface area (Å²) in [6.45, 7) is 4.03. The maximum atomic E-state index is 5.73. The van der Waals surface area contributed by atoms with E-state index < -0.39 is 0 Å². The SMILES string of the molecule is Br.Cc1ccccc1Nc1nc(-c2sc(N)nc2C)cs1. The first kappa shape index (κ1) is 15.9. The van der Waals surface area contributed by atoms with Crippen molar-refractivity contribution in [2.24, 2.45) is 0 Å². The van der Waals surface area contributed by atoms with Gasteiger partial charge in [-0.15, -0.1) is 28.3 Å². The number of nitrogens with two attached hydrogens (primary N) is 1. The molecule has 21 heavy (non-hydrogen) atoms. The van der Waals surface area contributed by atoms with Crippen molar-refractivity contribution in [3.05, 3.63) is 40.9 Å². The molecule has 3 N–H and O–H groups in total. The highest BCUT2D eigenvalue weighted by Crippen LogP contribution is 2.34. The summed E-state index contributed by atoms with van der Waals surface area (Å²) in [5.41, 5.74) is 9.87. The second-order valence-corrected chi connectivity index (χ2v) is 6.33. The molecule has 0 bridgehead atoms. The lowest BCUT2D eigenvalue weighted by Gasteiger charge is -2.05. The van der Waals surface area contributed by atoms with Crippen molar-refractivity contribution >= 4 is 55.6 Å². The van der Waals surface area contributed by atoms with Gasteiger partial charge in [-0.05, 0) is 25.5 Å². The zero-order valence-electron chi connectivity index (χ0n) is 11.6. The lowest BCUT2D eigenvalue weighted by Crippen LogP contribution is -1.91. The van der Waals surface area contributed by atoms with Crippen molar-refractivity contribution in [1.82, 2.24) is 9.97 Å². The number of hydrogen-bond acceptors (Lipinski definition) is 6. The third-order valence-electron chi connectivity index (χ3n) is 2.94. The summed E-state index contributed by atoms with van der Waals surface area (Å²) in [5.74, 6) is 0. The molecule has 0 radical (unpaired) electrons. The molecular weight excluding hydrogens is 368 g/mol. The van der Waals surface area contributed by atoms with Crippen molar-refractivity contribution < 1.29 is 0 Å². The summed E-state index contributed by atoms with van der Waals surface area (Å²) in [4.78, 5) is 9.89. The number of hydrogen-bond donors (Lipinski definition) is 2. The number of anilines is 3. The molecule has 0 fully saturated rings. The summed E-state index contributed by atoms with van der Waals surface area (Å²) >= 11 is 3.06. The van der Waals surface area contributed by atoms with E-state index in [9.17, 15) is 0 Å².